The fourth-order valence-electron chi connectivity index (χ4n) is 2.68. The topological polar surface area (TPSA) is 73.0 Å². The Balaban J connectivity index is 1.71. The van der Waals surface area contributed by atoms with Crippen molar-refractivity contribution >= 4 is 17.0 Å². The van der Waals surface area contributed by atoms with Crippen molar-refractivity contribution in [3.63, 3.8) is 0 Å². The molecule has 0 saturated carbocycles. The maximum Gasteiger partial charge on any atom is 0.269 e. The quantitative estimate of drug-likeness (QED) is 0.514. The maximum absolute atomic E-state index is 10.8. The molecular weight excluding hydrogens is 336 g/mol. The number of hydrogen-bond donors (Lipinski definition) is 1. The lowest BCUT2D eigenvalue weighted by Gasteiger charge is -2.04. The predicted molar refractivity (Wildman–Crippen MR) is 99.5 cm³/mol. The number of nitrogens with zero attached hydrogens (tertiary/aromatic N) is 3. The van der Waals surface area contributed by atoms with Gasteiger partial charge in [0.15, 0.2) is 0 Å². The molecule has 0 aliphatic heterocycles. The summed E-state index contributed by atoms with van der Waals surface area (Å²) in [6, 6.07) is 10.9. The van der Waals surface area contributed by atoms with E-state index in [2.05, 4.69) is 29.5 Å². The molecular formula is C18H20N4O2S. The third kappa shape index (κ3) is 4.12. The summed E-state index contributed by atoms with van der Waals surface area (Å²) in [5.74, 6) is 0. The normalized spacial score (nSPS) is 11.0. The third-order valence-corrected chi connectivity index (χ3v) is 5.17. The van der Waals surface area contributed by atoms with Gasteiger partial charge in [-0.3, -0.25) is 14.8 Å². The number of rotatable bonds is 7. The van der Waals surface area contributed by atoms with Crippen LogP contribution in [0.15, 0.2) is 42.6 Å². The van der Waals surface area contributed by atoms with Gasteiger partial charge in [-0.25, -0.2) is 0 Å². The molecule has 0 spiro atoms. The number of non-ortho nitro benzene ring substituents is 1. The lowest BCUT2D eigenvalue weighted by Crippen LogP contribution is -2.11. The van der Waals surface area contributed by atoms with E-state index in [9.17, 15) is 10.1 Å². The molecule has 0 saturated heterocycles. The average molecular weight is 356 g/mol. The van der Waals surface area contributed by atoms with Gasteiger partial charge in [0.05, 0.1) is 10.6 Å². The molecule has 1 N–H and O–H groups in total. The van der Waals surface area contributed by atoms with Crippen LogP contribution in [0, 0.1) is 10.1 Å². The van der Waals surface area contributed by atoms with Crippen LogP contribution >= 0.6 is 11.3 Å². The van der Waals surface area contributed by atoms with Crippen molar-refractivity contribution in [2.75, 3.05) is 0 Å². The number of thiophene rings is 1. The highest BCUT2D eigenvalue weighted by Gasteiger charge is 2.12. The van der Waals surface area contributed by atoms with E-state index in [-0.39, 0.29) is 5.69 Å². The molecule has 3 rings (SSSR count). The van der Waals surface area contributed by atoms with Gasteiger partial charge in [-0.2, -0.15) is 5.10 Å². The highest BCUT2D eigenvalue weighted by atomic mass is 32.1. The number of nitrogens with one attached hydrogen (secondary N) is 1. The summed E-state index contributed by atoms with van der Waals surface area (Å²) in [5, 5.41) is 18.8. The monoisotopic (exact) mass is 356 g/mol. The van der Waals surface area contributed by atoms with Crippen molar-refractivity contribution in [3.05, 3.63) is 68.0 Å². The molecule has 0 amide bonds. The first-order chi connectivity index (χ1) is 12.1. The third-order valence-electron chi connectivity index (χ3n) is 3.94. The van der Waals surface area contributed by atoms with E-state index in [1.165, 1.54) is 21.9 Å². The van der Waals surface area contributed by atoms with Gasteiger partial charge < -0.3 is 5.32 Å². The van der Waals surface area contributed by atoms with Crippen LogP contribution in [0.2, 0.25) is 0 Å². The van der Waals surface area contributed by atoms with E-state index in [0.717, 1.165) is 29.8 Å². The van der Waals surface area contributed by atoms with Crippen LogP contribution in [0.3, 0.4) is 0 Å². The van der Waals surface area contributed by atoms with E-state index < -0.39 is 4.92 Å². The van der Waals surface area contributed by atoms with Gasteiger partial charge in [0.25, 0.3) is 5.69 Å². The van der Waals surface area contributed by atoms with Gasteiger partial charge in [-0.05, 0) is 30.7 Å². The number of aryl methyl sites for hydroxylation is 2. The first kappa shape index (κ1) is 17.3. The minimum absolute atomic E-state index is 0.0868. The Morgan fingerprint density at radius 1 is 1.16 bits per heavy atom. The Morgan fingerprint density at radius 3 is 2.52 bits per heavy atom. The molecule has 7 heteroatoms. The van der Waals surface area contributed by atoms with Crippen LogP contribution in [0.1, 0.15) is 22.2 Å². The standard InChI is InChI=1S/C18H20N4O2S/c1-3-16-8-9-17(25-16)11-19-10-14-12-21(2)20-18(14)13-4-6-15(7-5-13)22(23)24/h4-9,12,19H,3,10-11H2,1-2H3. The molecule has 6 nitrogen and oxygen atoms in total. The minimum Gasteiger partial charge on any atom is -0.308 e. The fourth-order valence-corrected chi connectivity index (χ4v) is 3.61. The molecule has 3 aromatic rings. The highest BCUT2D eigenvalue weighted by molar-refractivity contribution is 7.11. The number of aromatic nitrogens is 2. The summed E-state index contributed by atoms with van der Waals surface area (Å²) in [5.41, 5.74) is 2.89. The molecule has 25 heavy (non-hydrogen) atoms. The maximum atomic E-state index is 10.8. The van der Waals surface area contributed by atoms with E-state index in [1.807, 2.05) is 24.6 Å². The summed E-state index contributed by atoms with van der Waals surface area (Å²) in [6.45, 7) is 3.67. The van der Waals surface area contributed by atoms with E-state index in [1.54, 1.807) is 16.8 Å². The van der Waals surface area contributed by atoms with Crippen LogP contribution in [0.25, 0.3) is 11.3 Å². The summed E-state index contributed by atoms with van der Waals surface area (Å²) >= 11 is 1.83. The van der Waals surface area contributed by atoms with Crippen LogP contribution < -0.4 is 5.32 Å². The first-order valence-corrected chi connectivity index (χ1v) is 8.94. The zero-order chi connectivity index (χ0) is 17.8. The lowest BCUT2D eigenvalue weighted by molar-refractivity contribution is -0.384. The number of nitro benzene ring substituents is 1. The SMILES string of the molecule is CCc1ccc(CNCc2cn(C)nc2-c2ccc([N+](=O)[O-])cc2)s1. The Kier molecular flexibility index (Phi) is 5.25. The number of nitro groups is 1. The zero-order valence-electron chi connectivity index (χ0n) is 14.2. The second-order valence-electron chi connectivity index (χ2n) is 5.81. The van der Waals surface area contributed by atoms with Crippen LogP contribution in [-0.4, -0.2) is 14.7 Å². The second kappa shape index (κ2) is 7.58. The molecule has 0 bridgehead atoms. The lowest BCUT2D eigenvalue weighted by atomic mass is 10.1. The Labute approximate surface area is 150 Å². The van der Waals surface area contributed by atoms with Crippen molar-refractivity contribution in [2.45, 2.75) is 26.4 Å². The van der Waals surface area contributed by atoms with E-state index in [0.29, 0.717) is 6.54 Å². The molecule has 2 aromatic heterocycles. The highest BCUT2D eigenvalue weighted by Crippen LogP contribution is 2.24. The van der Waals surface area contributed by atoms with Gasteiger partial charge in [0, 0.05) is 59.3 Å². The second-order valence-corrected chi connectivity index (χ2v) is 7.06. The molecule has 0 atom stereocenters. The predicted octanol–water partition coefficient (Wildman–Crippen LogP) is 3.91. The molecule has 0 aliphatic rings. The Bertz CT molecular complexity index is 868. The van der Waals surface area contributed by atoms with E-state index in [4.69, 9.17) is 0 Å². The zero-order valence-corrected chi connectivity index (χ0v) is 15.0. The van der Waals surface area contributed by atoms with Gasteiger partial charge in [-0.1, -0.05) is 6.92 Å². The molecule has 130 valence electrons. The summed E-state index contributed by atoms with van der Waals surface area (Å²) in [6.07, 6.45) is 3.05. The molecule has 0 fully saturated rings. The van der Waals surface area contributed by atoms with Gasteiger partial charge in [0.1, 0.15) is 0 Å². The first-order valence-electron chi connectivity index (χ1n) is 8.12. The van der Waals surface area contributed by atoms with Crippen LogP contribution in [0.5, 0.6) is 0 Å². The van der Waals surface area contributed by atoms with Gasteiger partial charge >= 0.3 is 0 Å². The Hall–Kier alpha value is -2.51. The molecule has 0 unspecified atom stereocenters. The van der Waals surface area contributed by atoms with E-state index >= 15 is 0 Å². The van der Waals surface area contributed by atoms with Crippen molar-refractivity contribution in [2.24, 2.45) is 7.05 Å². The fraction of sp³-hybridized carbons (Fsp3) is 0.278. The van der Waals surface area contributed by atoms with Crippen molar-refractivity contribution in [3.8, 4) is 11.3 Å². The molecule has 1 aromatic carbocycles. The molecule has 0 aliphatic carbocycles. The van der Waals surface area contributed by atoms with Crippen molar-refractivity contribution < 1.29 is 4.92 Å². The van der Waals surface area contributed by atoms with Crippen LogP contribution in [0.4, 0.5) is 5.69 Å². The van der Waals surface area contributed by atoms with Gasteiger partial charge in [-0.15, -0.1) is 11.3 Å². The smallest absolute Gasteiger partial charge is 0.269 e. The summed E-state index contributed by atoms with van der Waals surface area (Å²) < 4.78 is 1.77. The van der Waals surface area contributed by atoms with Gasteiger partial charge in [0.2, 0.25) is 0 Å². The number of benzene rings is 1. The van der Waals surface area contributed by atoms with Crippen molar-refractivity contribution in [1.29, 1.82) is 0 Å². The van der Waals surface area contributed by atoms with Crippen molar-refractivity contribution in [1.82, 2.24) is 15.1 Å². The largest absolute Gasteiger partial charge is 0.308 e. The molecule has 2 heterocycles. The summed E-state index contributed by atoms with van der Waals surface area (Å²) in [7, 11) is 1.88. The summed E-state index contributed by atoms with van der Waals surface area (Å²) in [4.78, 5) is 13.1. The minimum atomic E-state index is -0.393. The molecule has 0 radical (unpaired) electrons. The van der Waals surface area contributed by atoms with Crippen LogP contribution in [-0.2, 0) is 26.6 Å². The Morgan fingerprint density at radius 2 is 1.88 bits per heavy atom. The number of hydrogen-bond acceptors (Lipinski definition) is 5. The average Bonchev–Trinajstić information content (AvgIpc) is 3.21.